The molecule has 1 fully saturated rings. The molecule has 6 nitrogen and oxygen atoms in total. The van der Waals surface area contributed by atoms with E-state index in [4.69, 9.17) is 5.73 Å². The van der Waals surface area contributed by atoms with Gasteiger partial charge in [-0.05, 0) is 18.8 Å². The zero-order valence-electron chi connectivity index (χ0n) is 11.9. The summed E-state index contributed by atoms with van der Waals surface area (Å²) in [5, 5.41) is 3.28. The van der Waals surface area contributed by atoms with Crippen molar-refractivity contribution in [3.8, 4) is 0 Å². The topological polar surface area (TPSA) is 92.5 Å². The van der Waals surface area contributed by atoms with Gasteiger partial charge < -0.3 is 11.1 Å². The average molecular weight is 291 g/mol. The van der Waals surface area contributed by atoms with Gasteiger partial charge in [-0.15, -0.1) is 0 Å². The maximum atomic E-state index is 11.6. The van der Waals surface area contributed by atoms with E-state index in [0.29, 0.717) is 19.5 Å². The third-order valence-corrected chi connectivity index (χ3v) is 5.13. The Kier molecular flexibility index (Phi) is 5.76. The molecule has 3 N–H and O–H groups in total. The van der Waals surface area contributed by atoms with Crippen LogP contribution in [0.5, 0.6) is 0 Å². The maximum Gasteiger partial charge on any atom is 0.234 e. The number of sulfonamides is 1. The number of nitrogens with one attached hydrogen (secondary N) is 1. The van der Waals surface area contributed by atoms with E-state index in [1.165, 1.54) is 10.6 Å². The number of carbonyl (C=O) groups excluding carboxylic acids is 1. The molecule has 1 saturated heterocycles. The van der Waals surface area contributed by atoms with Gasteiger partial charge in [0.2, 0.25) is 15.9 Å². The average Bonchev–Trinajstić information content (AvgIpc) is 2.34. The van der Waals surface area contributed by atoms with Gasteiger partial charge in [0.05, 0.1) is 12.3 Å². The van der Waals surface area contributed by atoms with Crippen LogP contribution in [-0.4, -0.2) is 50.1 Å². The third-order valence-electron chi connectivity index (χ3n) is 3.86. The van der Waals surface area contributed by atoms with Crippen LogP contribution < -0.4 is 11.1 Å². The first-order chi connectivity index (χ1) is 8.79. The summed E-state index contributed by atoms with van der Waals surface area (Å²) < 4.78 is 24.7. The summed E-state index contributed by atoms with van der Waals surface area (Å²) in [6.45, 7) is 4.97. The van der Waals surface area contributed by atoms with Crippen LogP contribution in [-0.2, 0) is 14.8 Å². The fourth-order valence-corrected chi connectivity index (χ4v) is 3.49. The molecule has 7 heteroatoms. The smallest absolute Gasteiger partial charge is 0.234 e. The third kappa shape index (κ3) is 4.43. The van der Waals surface area contributed by atoms with Crippen LogP contribution in [0.1, 0.15) is 33.1 Å². The van der Waals surface area contributed by atoms with Crippen molar-refractivity contribution in [2.24, 2.45) is 11.7 Å². The van der Waals surface area contributed by atoms with Crippen molar-refractivity contribution in [3.63, 3.8) is 0 Å². The molecule has 19 heavy (non-hydrogen) atoms. The molecule has 112 valence electrons. The monoisotopic (exact) mass is 291 g/mol. The molecule has 1 heterocycles. The number of rotatable bonds is 6. The highest BCUT2D eigenvalue weighted by Crippen LogP contribution is 2.22. The van der Waals surface area contributed by atoms with Gasteiger partial charge in [0.25, 0.3) is 0 Å². The number of hydrogen-bond acceptors (Lipinski definition) is 4. The molecule has 1 aliphatic rings. The van der Waals surface area contributed by atoms with E-state index >= 15 is 0 Å². The van der Waals surface area contributed by atoms with Crippen LogP contribution in [0.2, 0.25) is 0 Å². The number of hydrogen-bond donors (Lipinski definition) is 2. The van der Waals surface area contributed by atoms with Gasteiger partial charge in [-0.25, -0.2) is 12.7 Å². The Morgan fingerprint density at radius 3 is 2.53 bits per heavy atom. The second-order valence-electron chi connectivity index (χ2n) is 5.21. The second kappa shape index (κ2) is 6.67. The Morgan fingerprint density at radius 1 is 1.47 bits per heavy atom. The van der Waals surface area contributed by atoms with Crippen LogP contribution in [0.4, 0.5) is 0 Å². The molecular formula is C12H25N3O3S. The van der Waals surface area contributed by atoms with E-state index in [2.05, 4.69) is 5.32 Å². The van der Waals surface area contributed by atoms with Crippen molar-refractivity contribution in [2.45, 2.75) is 45.2 Å². The quantitative estimate of drug-likeness (QED) is 0.715. The Labute approximate surface area is 115 Å². The van der Waals surface area contributed by atoms with Crippen molar-refractivity contribution >= 4 is 15.9 Å². The standard InChI is InChI=1S/C12H25N3O3S/c1-4-9-8-15(19(3,17)18)7-6-11(9)14-10(5-2)12(13)16/h9-11,14H,4-8H2,1-3H3,(H2,13,16)/t9-,10-,11+/m0/s1. The molecule has 3 atom stereocenters. The van der Waals surface area contributed by atoms with Crippen LogP contribution in [0, 0.1) is 5.92 Å². The largest absolute Gasteiger partial charge is 0.368 e. The second-order valence-corrected chi connectivity index (χ2v) is 7.20. The SMILES string of the molecule is CC[C@H]1CN(S(C)(=O)=O)CC[C@H]1N[C@@H](CC)C(N)=O. The zero-order valence-corrected chi connectivity index (χ0v) is 12.7. The van der Waals surface area contributed by atoms with Crippen molar-refractivity contribution in [3.05, 3.63) is 0 Å². The molecule has 1 aliphatic heterocycles. The van der Waals surface area contributed by atoms with E-state index < -0.39 is 10.0 Å². The van der Waals surface area contributed by atoms with E-state index in [9.17, 15) is 13.2 Å². The molecule has 0 aromatic heterocycles. The van der Waals surface area contributed by atoms with Crippen molar-refractivity contribution < 1.29 is 13.2 Å². The minimum Gasteiger partial charge on any atom is -0.368 e. The molecule has 0 aromatic rings. The molecule has 0 bridgehead atoms. The first-order valence-electron chi connectivity index (χ1n) is 6.80. The summed E-state index contributed by atoms with van der Waals surface area (Å²) in [4.78, 5) is 11.3. The summed E-state index contributed by atoms with van der Waals surface area (Å²) in [6.07, 6.45) is 3.48. The van der Waals surface area contributed by atoms with Gasteiger partial charge >= 0.3 is 0 Å². The van der Waals surface area contributed by atoms with Gasteiger partial charge in [0.1, 0.15) is 0 Å². The lowest BCUT2D eigenvalue weighted by Crippen LogP contribution is -2.55. The van der Waals surface area contributed by atoms with Gasteiger partial charge in [-0.1, -0.05) is 20.3 Å². The van der Waals surface area contributed by atoms with Gasteiger partial charge in [-0.2, -0.15) is 0 Å². The maximum absolute atomic E-state index is 11.6. The number of nitrogens with zero attached hydrogens (tertiary/aromatic N) is 1. The summed E-state index contributed by atoms with van der Waals surface area (Å²) in [5.74, 6) is -0.125. The molecule has 0 spiro atoms. The predicted molar refractivity (Wildman–Crippen MR) is 75.0 cm³/mol. The highest BCUT2D eigenvalue weighted by molar-refractivity contribution is 7.88. The summed E-state index contributed by atoms with van der Waals surface area (Å²) >= 11 is 0. The molecule has 0 radical (unpaired) electrons. The zero-order chi connectivity index (χ0) is 14.6. The van der Waals surface area contributed by atoms with Crippen LogP contribution in [0.15, 0.2) is 0 Å². The normalized spacial score (nSPS) is 27.1. The molecule has 0 aromatic carbocycles. The Balaban J connectivity index is 2.69. The molecular weight excluding hydrogens is 266 g/mol. The summed E-state index contributed by atoms with van der Waals surface area (Å²) in [6, 6.07) is -0.177. The van der Waals surface area contributed by atoms with Gasteiger partial charge in [-0.3, -0.25) is 4.79 Å². The van der Waals surface area contributed by atoms with Crippen molar-refractivity contribution in [2.75, 3.05) is 19.3 Å². The molecule has 0 unspecified atom stereocenters. The predicted octanol–water partition coefficient (Wildman–Crippen LogP) is -0.1000. The Morgan fingerprint density at radius 2 is 2.11 bits per heavy atom. The molecule has 0 aliphatic carbocycles. The first-order valence-corrected chi connectivity index (χ1v) is 8.64. The van der Waals surface area contributed by atoms with E-state index in [-0.39, 0.29) is 23.9 Å². The number of carbonyl (C=O) groups is 1. The number of nitrogens with two attached hydrogens (primary N) is 1. The molecule has 1 amide bonds. The van der Waals surface area contributed by atoms with Crippen LogP contribution >= 0.6 is 0 Å². The van der Waals surface area contributed by atoms with Gasteiger partial charge in [0, 0.05) is 19.1 Å². The number of primary amides is 1. The number of amides is 1. The van der Waals surface area contributed by atoms with Crippen LogP contribution in [0.25, 0.3) is 0 Å². The van der Waals surface area contributed by atoms with E-state index in [1.807, 2.05) is 13.8 Å². The lowest BCUT2D eigenvalue weighted by Gasteiger charge is -2.38. The minimum absolute atomic E-state index is 0.153. The Hall–Kier alpha value is -0.660. The molecule has 0 saturated carbocycles. The van der Waals surface area contributed by atoms with Crippen LogP contribution in [0.3, 0.4) is 0 Å². The Bertz CT molecular complexity index is 410. The van der Waals surface area contributed by atoms with E-state index in [1.54, 1.807) is 0 Å². The highest BCUT2D eigenvalue weighted by atomic mass is 32.2. The van der Waals surface area contributed by atoms with E-state index in [0.717, 1.165) is 12.8 Å². The van der Waals surface area contributed by atoms with Gasteiger partial charge in [0.15, 0.2) is 0 Å². The lowest BCUT2D eigenvalue weighted by molar-refractivity contribution is -0.120. The minimum atomic E-state index is -3.13. The fraction of sp³-hybridized carbons (Fsp3) is 0.917. The van der Waals surface area contributed by atoms with Crippen molar-refractivity contribution in [1.29, 1.82) is 0 Å². The summed E-state index contributed by atoms with van der Waals surface area (Å²) in [5.41, 5.74) is 5.34. The van der Waals surface area contributed by atoms with Crippen molar-refractivity contribution in [1.82, 2.24) is 9.62 Å². The fourth-order valence-electron chi connectivity index (χ4n) is 2.59. The summed E-state index contributed by atoms with van der Waals surface area (Å²) in [7, 11) is -3.13. The lowest BCUT2D eigenvalue weighted by atomic mass is 9.90. The first kappa shape index (κ1) is 16.4. The highest BCUT2D eigenvalue weighted by Gasteiger charge is 2.33. The number of piperidine rings is 1. The molecule has 1 rings (SSSR count).